The van der Waals surface area contributed by atoms with Gasteiger partial charge >= 0.3 is 0 Å². The average Bonchev–Trinajstić information content (AvgIpc) is 3.29. The van der Waals surface area contributed by atoms with Crippen LogP contribution < -0.4 is 15.1 Å². The van der Waals surface area contributed by atoms with Gasteiger partial charge in [0, 0.05) is 11.9 Å². The molecule has 0 aliphatic carbocycles. The predicted molar refractivity (Wildman–Crippen MR) is 94.0 cm³/mol. The van der Waals surface area contributed by atoms with E-state index in [1.54, 1.807) is 7.11 Å². The van der Waals surface area contributed by atoms with E-state index in [1.807, 2.05) is 49.5 Å². The Balaban J connectivity index is 1.71. The van der Waals surface area contributed by atoms with Crippen molar-refractivity contribution in [2.24, 2.45) is 5.10 Å². The smallest absolute Gasteiger partial charge is 0.119 e. The van der Waals surface area contributed by atoms with E-state index in [0.29, 0.717) is 18.7 Å². The number of aromatic amines is 1. The highest BCUT2D eigenvalue weighted by Gasteiger charge is 2.22. The topological polar surface area (TPSA) is 76.4 Å². The molecule has 2 N–H and O–H groups in total. The van der Waals surface area contributed by atoms with Crippen molar-refractivity contribution >= 4 is 11.4 Å². The fourth-order valence-corrected chi connectivity index (χ4v) is 2.58. The number of aromatic nitrogens is 1. The number of hydrazone groups is 1. The number of nitrogens with zero attached hydrogens (tertiary/aromatic N) is 3. The van der Waals surface area contributed by atoms with Crippen molar-refractivity contribution in [1.29, 1.82) is 5.26 Å². The molecule has 0 spiro atoms. The summed E-state index contributed by atoms with van der Waals surface area (Å²) in [4.78, 5) is 5.23. The lowest BCUT2D eigenvalue weighted by Gasteiger charge is -2.18. The van der Waals surface area contributed by atoms with Gasteiger partial charge < -0.3 is 14.6 Å². The van der Waals surface area contributed by atoms with Crippen molar-refractivity contribution in [3.05, 3.63) is 59.6 Å². The first-order valence-electron chi connectivity index (χ1n) is 7.66. The number of anilines is 1. The Kier molecular flexibility index (Phi) is 4.52. The number of methoxy groups -OCH3 is 1. The third-order valence-corrected chi connectivity index (χ3v) is 3.98. The maximum Gasteiger partial charge on any atom is 0.119 e. The summed E-state index contributed by atoms with van der Waals surface area (Å²) >= 11 is 0. The maximum absolute atomic E-state index is 9.38. The summed E-state index contributed by atoms with van der Waals surface area (Å²) in [6.07, 6.45) is 1.86. The van der Waals surface area contributed by atoms with E-state index < -0.39 is 0 Å². The van der Waals surface area contributed by atoms with E-state index in [-0.39, 0.29) is 0 Å². The molecule has 2 heterocycles. The van der Waals surface area contributed by atoms with Crippen LogP contribution in [0.2, 0.25) is 0 Å². The summed E-state index contributed by atoms with van der Waals surface area (Å²) < 4.78 is 5.18. The molecule has 2 aromatic rings. The van der Waals surface area contributed by atoms with Gasteiger partial charge in [0.15, 0.2) is 0 Å². The van der Waals surface area contributed by atoms with Crippen LogP contribution in [0.1, 0.15) is 12.6 Å². The molecule has 1 aromatic carbocycles. The van der Waals surface area contributed by atoms with Gasteiger partial charge in [0.1, 0.15) is 5.75 Å². The number of hydrogen-bond acceptors (Lipinski definition) is 5. The van der Waals surface area contributed by atoms with Gasteiger partial charge in [-0.1, -0.05) is 0 Å². The van der Waals surface area contributed by atoms with Gasteiger partial charge in [0.2, 0.25) is 0 Å². The molecule has 0 saturated carbocycles. The molecule has 1 aliphatic heterocycles. The van der Waals surface area contributed by atoms with E-state index in [4.69, 9.17) is 4.74 Å². The Morgan fingerprint density at radius 2 is 2.08 bits per heavy atom. The van der Waals surface area contributed by atoms with E-state index >= 15 is 0 Å². The summed E-state index contributed by atoms with van der Waals surface area (Å²) in [5.74, 6) is 0.816. The summed E-state index contributed by atoms with van der Waals surface area (Å²) in [5, 5.41) is 13.8. The number of nitrogens with one attached hydrogen (secondary N) is 2. The van der Waals surface area contributed by atoms with Crippen molar-refractivity contribution < 1.29 is 4.74 Å². The van der Waals surface area contributed by atoms with E-state index in [9.17, 15) is 5.26 Å². The lowest BCUT2D eigenvalue weighted by Crippen LogP contribution is -2.22. The molecule has 122 valence electrons. The van der Waals surface area contributed by atoms with Crippen molar-refractivity contribution in [1.82, 2.24) is 10.4 Å². The minimum absolute atomic E-state index is 0.572. The Bertz CT molecular complexity index is 797. The van der Waals surface area contributed by atoms with E-state index in [0.717, 1.165) is 28.5 Å². The highest BCUT2D eigenvalue weighted by Crippen LogP contribution is 2.25. The van der Waals surface area contributed by atoms with Crippen LogP contribution in [0, 0.1) is 11.3 Å². The number of ether oxygens (including phenoxy) is 1. The van der Waals surface area contributed by atoms with Crippen LogP contribution >= 0.6 is 0 Å². The van der Waals surface area contributed by atoms with Crippen LogP contribution in [0.15, 0.2) is 59.0 Å². The first kappa shape index (κ1) is 15.7. The molecule has 1 aromatic heterocycles. The molecule has 6 heteroatoms. The Morgan fingerprint density at radius 3 is 2.71 bits per heavy atom. The zero-order valence-electron chi connectivity index (χ0n) is 13.7. The first-order valence-corrected chi connectivity index (χ1v) is 7.66. The van der Waals surface area contributed by atoms with Crippen LogP contribution in [0.3, 0.4) is 0 Å². The van der Waals surface area contributed by atoms with Crippen molar-refractivity contribution in [2.75, 3.05) is 25.1 Å². The molecule has 0 bridgehead atoms. The fourth-order valence-electron chi connectivity index (χ4n) is 2.58. The predicted octanol–water partition coefficient (Wildman–Crippen LogP) is 2.63. The van der Waals surface area contributed by atoms with Gasteiger partial charge in [-0.25, -0.2) is 0 Å². The van der Waals surface area contributed by atoms with Crippen LogP contribution in [0.5, 0.6) is 5.75 Å². The Morgan fingerprint density at radius 1 is 1.29 bits per heavy atom. The lowest BCUT2D eigenvalue weighted by atomic mass is 10.2. The number of nitriles is 1. The quantitative estimate of drug-likeness (QED) is 0.655. The van der Waals surface area contributed by atoms with Crippen LogP contribution in [0.25, 0.3) is 0 Å². The van der Waals surface area contributed by atoms with Crippen molar-refractivity contribution in [3.63, 3.8) is 0 Å². The Labute approximate surface area is 141 Å². The third-order valence-electron chi connectivity index (χ3n) is 3.98. The molecule has 0 saturated heterocycles. The van der Waals surface area contributed by atoms with Crippen LogP contribution in [-0.2, 0) is 0 Å². The molecule has 0 amide bonds. The molecular formula is C18H19N5O. The number of H-pyrrole nitrogens is 1. The first-order chi connectivity index (χ1) is 11.7. The highest BCUT2D eigenvalue weighted by atomic mass is 16.5. The summed E-state index contributed by atoms with van der Waals surface area (Å²) in [5.41, 5.74) is 7.42. The largest absolute Gasteiger partial charge is 0.497 e. The maximum atomic E-state index is 9.38. The molecule has 0 atom stereocenters. The minimum atomic E-state index is 0.572. The molecule has 0 fully saturated rings. The SMILES string of the molecule is COc1ccc(N2CC(C#N)=C(N/N=C(\C)c3ccc[nH]3)C2)cc1. The number of benzene rings is 1. The van der Waals surface area contributed by atoms with E-state index in [2.05, 4.69) is 26.5 Å². The summed E-state index contributed by atoms with van der Waals surface area (Å²) in [7, 11) is 1.65. The molecule has 6 nitrogen and oxygen atoms in total. The van der Waals surface area contributed by atoms with Gasteiger partial charge in [-0.3, -0.25) is 5.43 Å². The van der Waals surface area contributed by atoms with Gasteiger partial charge in [-0.15, -0.1) is 0 Å². The zero-order chi connectivity index (χ0) is 16.9. The van der Waals surface area contributed by atoms with Gasteiger partial charge in [-0.05, 0) is 43.3 Å². The lowest BCUT2D eigenvalue weighted by molar-refractivity contribution is 0.415. The average molecular weight is 321 g/mol. The van der Waals surface area contributed by atoms with Crippen LogP contribution in [-0.4, -0.2) is 30.9 Å². The number of rotatable bonds is 5. The van der Waals surface area contributed by atoms with Crippen molar-refractivity contribution in [3.8, 4) is 11.8 Å². The molecule has 3 rings (SSSR count). The second-order valence-corrected chi connectivity index (χ2v) is 5.52. The molecule has 24 heavy (non-hydrogen) atoms. The van der Waals surface area contributed by atoms with Gasteiger partial charge in [0.25, 0.3) is 0 Å². The standard InChI is InChI=1S/C18H19N5O/c1-13(17-4-3-9-20-17)21-22-18-12-23(11-14(18)10-19)15-5-7-16(24-2)8-6-15/h3-9,20,22H,11-12H2,1-2H3/b21-13+. The molecular weight excluding hydrogens is 302 g/mol. The minimum Gasteiger partial charge on any atom is -0.497 e. The Hall–Kier alpha value is -3.20. The van der Waals surface area contributed by atoms with Gasteiger partial charge in [0.05, 0.1) is 48.9 Å². The summed E-state index contributed by atoms with van der Waals surface area (Å²) in [6, 6.07) is 14.0. The fraction of sp³-hybridized carbons (Fsp3) is 0.222. The second kappa shape index (κ2) is 6.92. The molecule has 1 aliphatic rings. The third kappa shape index (κ3) is 3.25. The second-order valence-electron chi connectivity index (χ2n) is 5.52. The normalized spacial score (nSPS) is 14.7. The van der Waals surface area contributed by atoms with Crippen molar-refractivity contribution in [2.45, 2.75) is 6.92 Å². The molecule has 0 unspecified atom stereocenters. The van der Waals surface area contributed by atoms with Gasteiger partial charge in [-0.2, -0.15) is 10.4 Å². The summed E-state index contributed by atoms with van der Waals surface area (Å²) in [6.45, 7) is 3.11. The highest BCUT2D eigenvalue weighted by molar-refractivity contribution is 5.96. The van der Waals surface area contributed by atoms with Crippen LogP contribution in [0.4, 0.5) is 5.69 Å². The molecule has 0 radical (unpaired) electrons. The zero-order valence-corrected chi connectivity index (χ0v) is 13.7. The monoisotopic (exact) mass is 321 g/mol. The van der Waals surface area contributed by atoms with E-state index in [1.165, 1.54) is 0 Å². The number of hydrogen-bond donors (Lipinski definition) is 2.